The zero-order chi connectivity index (χ0) is 21.2. The molecule has 2 aromatic rings. The van der Waals surface area contributed by atoms with E-state index in [1.807, 2.05) is 62.4 Å². The molecular weight excluding hydrogens is 388 g/mol. The summed E-state index contributed by atoms with van der Waals surface area (Å²) in [6.45, 7) is 6.25. The molecule has 1 atom stereocenters. The second kappa shape index (κ2) is 11.5. The summed E-state index contributed by atoms with van der Waals surface area (Å²) in [6, 6.07) is 16.3. The minimum absolute atomic E-state index is 0.00138. The van der Waals surface area contributed by atoms with Crippen molar-refractivity contribution in [2.24, 2.45) is 0 Å². The average Bonchev–Trinajstić information content (AvgIpc) is 2.70. The van der Waals surface area contributed by atoms with Crippen LogP contribution in [0.5, 0.6) is 5.75 Å². The fraction of sp³-hybridized carbons (Fsp3) is 0.391. The predicted molar refractivity (Wildman–Crippen MR) is 116 cm³/mol. The first kappa shape index (κ1) is 22.8. The predicted octanol–water partition coefficient (Wildman–Crippen LogP) is 4.44. The number of hydrogen-bond acceptors (Lipinski definition) is 3. The lowest BCUT2D eigenvalue weighted by molar-refractivity contribution is -0.141. The van der Waals surface area contributed by atoms with Crippen molar-refractivity contribution >= 4 is 23.4 Å². The van der Waals surface area contributed by atoms with Gasteiger partial charge >= 0.3 is 0 Å². The lowest BCUT2D eigenvalue weighted by Gasteiger charge is -2.29. The fourth-order valence-corrected chi connectivity index (χ4v) is 3.07. The lowest BCUT2D eigenvalue weighted by atomic mass is 10.1. The largest absolute Gasteiger partial charge is 0.494 e. The highest BCUT2D eigenvalue weighted by atomic mass is 35.5. The fourth-order valence-electron chi connectivity index (χ4n) is 2.87. The summed E-state index contributed by atoms with van der Waals surface area (Å²) in [4.78, 5) is 27.1. The monoisotopic (exact) mass is 416 g/mol. The Bertz CT molecular complexity index is 796. The molecule has 1 N–H and O–H groups in total. The first-order valence-corrected chi connectivity index (χ1v) is 10.3. The van der Waals surface area contributed by atoms with Crippen LogP contribution in [0.25, 0.3) is 0 Å². The smallest absolute Gasteiger partial charge is 0.242 e. The molecule has 0 spiro atoms. The number of rotatable bonds is 10. The Morgan fingerprint density at radius 2 is 1.69 bits per heavy atom. The molecule has 0 bridgehead atoms. The normalized spacial score (nSPS) is 11.8. The van der Waals surface area contributed by atoms with Crippen LogP contribution in [0.2, 0.25) is 5.02 Å². The minimum atomic E-state index is -0.601. The van der Waals surface area contributed by atoms with Gasteiger partial charge in [-0.2, -0.15) is 0 Å². The van der Waals surface area contributed by atoms with Crippen LogP contribution in [-0.4, -0.2) is 35.4 Å². The van der Waals surface area contributed by atoms with Gasteiger partial charge < -0.3 is 15.0 Å². The van der Waals surface area contributed by atoms with E-state index in [1.54, 1.807) is 17.9 Å². The standard InChI is InChI=1S/C23H29ClN2O3/c1-17(2)25-23(28)18(3)26(16-19-10-7-8-13-21(19)24)22(27)14-9-15-29-20-11-5-4-6-12-20/h4-8,10-13,17-18H,9,14-16H2,1-3H3,(H,25,28)/t18-/m0/s1. The molecular formula is C23H29ClN2O3. The van der Waals surface area contributed by atoms with E-state index < -0.39 is 6.04 Å². The second-order valence-electron chi connectivity index (χ2n) is 7.22. The van der Waals surface area contributed by atoms with Crippen LogP contribution in [0, 0.1) is 0 Å². The third kappa shape index (κ3) is 7.42. The lowest BCUT2D eigenvalue weighted by Crippen LogP contribution is -2.49. The number of hydrogen-bond donors (Lipinski definition) is 1. The van der Waals surface area contributed by atoms with Gasteiger partial charge in [0, 0.05) is 24.0 Å². The number of nitrogens with one attached hydrogen (secondary N) is 1. The maximum absolute atomic E-state index is 12.9. The molecule has 0 unspecified atom stereocenters. The maximum atomic E-state index is 12.9. The summed E-state index contributed by atoms with van der Waals surface area (Å²) in [5.41, 5.74) is 0.812. The van der Waals surface area contributed by atoms with E-state index in [4.69, 9.17) is 16.3 Å². The van der Waals surface area contributed by atoms with Crippen LogP contribution >= 0.6 is 11.6 Å². The topological polar surface area (TPSA) is 58.6 Å². The van der Waals surface area contributed by atoms with Gasteiger partial charge in [-0.15, -0.1) is 0 Å². The van der Waals surface area contributed by atoms with Gasteiger partial charge in [0.1, 0.15) is 11.8 Å². The Hall–Kier alpha value is -2.53. The van der Waals surface area contributed by atoms with E-state index in [9.17, 15) is 9.59 Å². The Morgan fingerprint density at radius 3 is 2.34 bits per heavy atom. The highest BCUT2D eigenvalue weighted by Gasteiger charge is 2.26. The molecule has 0 aliphatic heterocycles. The van der Waals surface area contributed by atoms with Crippen LogP contribution in [0.4, 0.5) is 0 Å². The van der Waals surface area contributed by atoms with E-state index in [0.717, 1.165) is 11.3 Å². The van der Waals surface area contributed by atoms with Crippen molar-refractivity contribution in [2.75, 3.05) is 6.61 Å². The SMILES string of the molecule is CC(C)NC(=O)[C@H](C)N(Cc1ccccc1Cl)C(=O)CCCOc1ccccc1. The summed E-state index contributed by atoms with van der Waals surface area (Å²) < 4.78 is 5.66. The van der Waals surface area contributed by atoms with Gasteiger partial charge in [0.05, 0.1) is 6.61 Å². The van der Waals surface area contributed by atoms with E-state index in [2.05, 4.69) is 5.32 Å². The first-order chi connectivity index (χ1) is 13.9. The summed E-state index contributed by atoms with van der Waals surface area (Å²) in [6.07, 6.45) is 0.849. The average molecular weight is 417 g/mol. The number of amides is 2. The van der Waals surface area contributed by atoms with Crippen molar-refractivity contribution in [3.05, 3.63) is 65.2 Å². The van der Waals surface area contributed by atoms with Crippen molar-refractivity contribution < 1.29 is 14.3 Å². The summed E-state index contributed by atoms with van der Waals surface area (Å²) in [5.74, 6) is 0.492. The molecule has 6 heteroatoms. The highest BCUT2D eigenvalue weighted by Crippen LogP contribution is 2.19. The van der Waals surface area contributed by atoms with Crippen molar-refractivity contribution in [3.8, 4) is 5.75 Å². The van der Waals surface area contributed by atoms with Gasteiger partial charge in [0.2, 0.25) is 11.8 Å². The summed E-state index contributed by atoms with van der Waals surface area (Å²) >= 11 is 6.28. The zero-order valence-electron chi connectivity index (χ0n) is 17.2. The maximum Gasteiger partial charge on any atom is 0.242 e. The molecule has 0 aromatic heterocycles. The van der Waals surface area contributed by atoms with E-state index in [1.165, 1.54) is 0 Å². The van der Waals surface area contributed by atoms with Crippen molar-refractivity contribution in [2.45, 2.75) is 52.2 Å². The quantitative estimate of drug-likeness (QED) is 0.582. The number of carbonyl (C=O) groups is 2. The van der Waals surface area contributed by atoms with Gasteiger partial charge in [-0.1, -0.05) is 48.0 Å². The Balaban J connectivity index is 2.01. The zero-order valence-corrected chi connectivity index (χ0v) is 18.0. The molecule has 156 valence electrons. The molecule has 0 aliphatic carbocycles. The van der Waals surface area contributed by atoms with Gasteiger partial charge in [0.25, 0.3) is 0 Å². The van der Waals surface area contributed by atoms with E-state index in [-0.39, 0.29) is 30.8 Å². The van der Waals surface area contributed by atoms with Crippen LogP contribution < -0.4 is 10.1 Å². The third-order valence-electron chi connectivity index (χ3n) is 4.44. The molecule has 0 radical (unpaired) electrons. The number of ether oxygens (including phenoxy) is 1. The van der Waals surface area contributed by atoms with Crippen LogP contribution in [0.1, 0.15) is 39.2 Å². The minimum Gasteiger partial charge on any atom is -0.494 e. The van der Waals surface area contributed by atoms with Crippen LogP contribution in [0.15, 0.2) is 54.6 Å². The molecule has 2 aromatic carbocycles. The molecule has 29 heavy (non-hydrogen) atoms. The molecule has 5 nitrogen and oxygen atoms in total. The van der Waals surface area contributed by atoms with E-state index >= 15 is 0 Å². The first-order valence-electron chi connectivity index (χ1n) is 9.89. The van der Waals surface area contributed by atoms with Crippen molar-refractivity contribution in [3.63, 3.8) is 0 Å². The van der Waals surface area contributed by atoms with Gasteiger partial charge in [0.15, 0.2) is 0 Å². The van der Waals surface area contributed by atoms with Gasteiger partial charge in [-0.25, -0.2) is 0 Å². The van der Waals surface area contributed by atoms with Crippen LogP contribution in [0.3, 0.4) is 0 Å². The Labute approximate surface area is 178 Å². The second-order valence-corrected chi connectivity index (χ2v) is 7.62. The summed E-state index contributed by atoms with van der Waals surface area (Å²) in [5, 5.41) is 3.45. The number of benzene rings is 2. The molecule has 2 amide bonds. The Kier molecular flexibility index (Phi) is 9.00. The van der Waals surface area contributed by atoms with Crippen molar-refractivity contribution in [1.29, 1.82) is 0 Å². The summed E-state index contributed by atoms with van der Waals surface area (Å²) in [7, 11) is 0. The van der Waals surface area contributed by atoms with Crippen LogP contribution in [-0.2, 0) is 16.1 Å². The molecule has 2 rings (SSSR count). The molecule has 0 heterocycles. The highest BCUT2D eigenvalue weighted by molar-refractivity contribution is 6.31. The molecule has 0 saturated heterocycles. The van der Waals surface area contributed by atoms with E-state index in [0.29, 0.717) is 18.1 Å². The molecule has 0 aliphatic rings. The number of carbonyl (C=O) groups excluding carboxylic acids is 2. The number of para-hydroxylation sites is 1. The number of nitrogens with zero attached hydrogens (tertiary/aromatic N) is 1. The van der Waals surface area contributed by atoms with Gasteiger partial charge in [-0.05, 0) is 51.0 Å². The third-order valence-corrected chi connectivity index (χ3v) is 4.81. The number of halogens is 1. The Morgan fingerprint density at radius 1 is 1.03 bits per heavy atom. The molecule has 0 fully saturated rings. The van der Waals surface area contributed by atoms with Gasteiger partial charge in [-0.3, -0.25) is 9.59 Å². The molecule has 0 saturated carbocycles. The van der Waals surface area contributed by atoms with Crippen molar-refractivity contribution in [1.82, 2.24) is 10.2 Å².